The number of nitro benzene ring substituents is 1. The number of carbonyl (C=O) groups excluding carboxylic acids is 1. The van der Waals surface area contributed by atoms with E-state index in [1.807, 2.05) is 19.1 Å². The SMILES string of the molecule is CCN1C(=O)/C(=C/c2cc(Br)ccc2OCc2ccc([N+](=O)[O-])cc2)SC1=Nc1cccc(C(=O)O)c1. The lowest BCUT2D eigenvalue weighted by Gasteiger charge is -2.12. The summed E-state index contributed by atoms with van der Waals surface area (Å²) >= 11 is 4.65. The number of carbonyl (C=O) groups is 2. The number of aromatic carboxylic acids is 1. The van der Waals surface area contributed by atoms with Crippen LogP contribution in [0.5, 0.6) is 5.75 Å². The molecule has 1 aliphatic rings. The maximum atomic E-state index is 13.1. The number of hydrogen-bond acceptors (Lipinski definition) is 7. The van der Waals surface area contributed by atoms with Crippen LogP contribution in [0.3, 0.4) is 0 Å². The van der Waals surface area contributed by atoms with Crippen LogP contribution in [0.1, 0.15) is 28.4 Å². The lowest BCUT2D eigenvalue weighted by molar-refractivity contribution is -0.384. The molecule has 0 radical (unpaired) electrons. The summed E-state index contributed by atoms with van der Waals surface area (Å²) in [4.78, 5) is 41.3. The third kappa shape index (κ3) is 6.25. The van der Waals surface area contributed by atoms with Crippen LogP contribution in [0.2, 0.25) is 0 Å². The summed E-state index contributed by atoms with van der Waals surface area (Å²) in [5.74, 6) is -0.743. The molecule has 3 aromatic rings. The van der Waals surface area contributed by atoms with Crippen molar-refractivity contribution in [3.8, 4) is 5.75 Å². The van der Waals surface area contributed by atoms with Gasteiger partial charge in [0.15, 0.2) is 5.17 Å². The fourth-order valence-electron chi connectivity index (χ4n) is 3.47. The Bertz CT molecular complexity index is 1440. The van der Waals surface area contributed by atoms with Crippen LogP contribution in [-0.4, -0.2) is 38.5 Å². The van der Waals surface area contributed by atoms with Gasteiger partial charge in [0.1, 0.15) is 12.4 Å². The second-order valence-corrected chi connectivity index (χ2v) is 9.73. The van der Waals surface area contributed by atoms with Gasteiger partial charge in [-0.05, 0) is 78.9 Å². The van der Waals surface area contributed by atoms with E-state index < -0.39 is 10.9 Å². The molecule has 1 N–H and O–H groups in total. The minimum Gasteiger partial charge on any atom is -0.488 e. The third-order valence-electron chi connectivity index (χ3n) is 5.32. The second kappa shape index (κ2) is 11.4. The zero-order valence-electron chi connectivity index (χ0n) is 19.5. The molecule has 4 rings (SSSR count). The molecule has 0 atom stereocenters. The molecule has 11 heteroatoms. The number of amides is 1. The number of carboxylic acids is 1. The predicted octanol–water partition coefficient (Wildman–Crippen LogP) is 6.26. The van der Waals surface area contributed by atoms with Crippen LogP contribution in [-0.2, 0) is 11.4 Å². The van der Waals surface area contributed by atoms with Gasteiger partial charge in [-0.3, -0.25) is 19.8 Å². The molecule has 0 bridgehead atoms. The molecular formula is C26H20BrN3O6S. The molecule has 0 aromatic heterocycles. The van der Waals surface area contributed by atoms with Crippen LogP contribution < -0.4 is 4.74 Å². The highest BCUT2D eigenvalue weighted by Crippen LogP contribution is 2.36. The summed E-state index contributed by atoms with van der Waals surface area (Å²) in [6, 6.07) is 17.7. The third-order valence-corrected chi connectivity index (χ3v) is 6.82. The molecule has 1 fully saturated rings. The van der Waals surface area contributed by atoms with Crippen molar-refractivity contribution in [3.05, 3.63) is 103 Å². The fourth-order valence-corrected chi connectivity index (χ4v) is 4.90. The van der Waals surface area contributed by atoms with Crippen molar-refractivity contribution < 1.29 is 24.4 Å². The number of aliphatic imine (C=N–C) groups is 1. The molecule has 9 nitrogen and oxygen atoms in total. The first-order chi connectivity index (χ1) is 17.7. The highest BCUT2D eigenvalue weighted by molar-refractivity contribution is 9.10. The fraction of sp³-hybridized carbons (Fsp3) is 0.115. The number of nitro groups is 1. The van der Waals surface area contributed by atoms with E-state index >= 15 is 0 Å². The molecule has 0 aliphatic carbocycles. The number of likely N-dealkylation sites (N-methyl/N-ethyl adjacent to an activating group) is 1. The van der Waals surface area contributed by atoms with E-state index in [1.54, 1.807) is 36.4 Å². The van der Waals surface area contributed by atoms with Crippen LogP contribution >= 0.6 is 27.7 Å². The molecule has 37 heavy (non-hydrogen) atoms. The van der Waals surface area contributed by atoms with Crippen molar-refractivity contribution in [2.24, 2.45) is 4.99 Å². The first-order valence-corrected chi connectivity index (χ1v) is 12.6. The number of non-ortho nitro benzene ring substituents is 1. The minimum absolute atomic E-state index is 0.00205. The molecule has 1 heterocycles. The summed E-state index contributed by atoms with van der Waals surface area (Å²) in [6.45, 7) is 2.41. The van der Waals surface area contributed by atoms with Crippen molar-refractivity contribution in [3.63, 3.8) is 0 Å². The standard InChI is InChI=1S/C26H20BrN3O6S/c1-2-29-24(31)23(37-26(29)28-20-5-3-4-17(13-20)25(32)33)14-18-12-19(27)8-11-22(18)36-15-16-6-9-21(10-7-16)30(34)35/h3-14H,2,15H2,1H3,(H,32,33)/b23-14-,28-26?. The summed E-state index contributed by atoms with van der Waals surface area (Å²) in [6.07, 6.45) is 1.72. The summed E-state index contributed by atoms with van der Waals surface area (Å²) in [5.41, 5.74) is 1.97. The van der Waals surface area contributed by atoms with Gasteiger partial charge < -0.3 is 9.84 Å². The molecule has 0 saturated carbocycles. The molecule has 188 valence electrons. The van der Waals surface area contributed by atoms with E-state index in [-0.39, 0.29) is 23.8 Å². The predicted molar refractivity (Wildman–Crippen MR) is 145 cm³/mol. The smallest absolute Gasteiger partial charge is 0.335 e. The van der Waals surface area contributed by atoms with Crippen LogP contribution in [0.4, 0.5) is 11.4 Å². The van der Waals surface area contributed by atoms with Gasteiger partial charge in [0, 0.05) is 28.7 Å². The zero-order chi connectivity index (χ0) is 26.5. The number of nitrogens with zero attached hydrogens (tertiary/aromatic N) is 3. The van der Waals surface area contributed by atoms with Crippen LogP contribution in [0.15, 0.2) is 81.1 Å². The molecule has 3 aromatic carbocycles. The lowest BCUT2D eigenvalue weighted by atomic mass is 10.1. The van der Waals surface area contributed by atoms with Crippen molar-refractivity contribution in [2.45, 2.75) is 13.5 Å². The van der Waals surface area contributed by atoms with E-state index in [1.165, 1.54) is 40.9 Å². The number of halogens is 1. The Labute approximate surface area is 224 Å². The van der Waals surface area contributed by atoms with Gasteiger partial charge in [0.2, 0.25) is 0 Å². The number of thioether (sulfide) groups is 1. The summed E-state index contributed by atoms with van der Waals surface area (Å²) in [7, 11) is 0. The van der Waals surface area contributed by atoms with E-state index in [0.717, 1.165) is 10.0 Å². The topological polar surface area (TPSA) is 122 Å². The average Bonchev–Trinajstić information content (AvgIpc) is 3.17. The molecule has 1 amide bonds. The Kier molecular flexibility index (Phi) is 8.04. The Morgan fingerprint density at radius 2 is 1.95 bits per heavy atom. The van der Waals surface area contributed by atoms with Gasteiger partial charge in [-0.25, -0.2) is 9.79 Å². The van der Waals surface area contributed by atoms with E-state index in [2.05, 4.69) is 20.9 Å². The van der Waals surface area contributed by atoms with Crippen molar-refractivity contribution >= 4 is 62.2 Å². The van der Waals surface area contributed by atoms with E-state index in [9.17, 15) is 24.8 Å². The number of benzene rings is 3. The highest BCUT2D eigenvalue weighted by Gasteiger charge is 2.32. The van der Waals surface area contributed by atoms with Gasteiger partial charge in [-0.2, -0.15) is 0 Å². The quantitative estimate of drug-likeness (QED) is 0.189. The first kappa shape index (κ1) is 26.1. The van der Waals surface area contributed by atoms with E-state index in [4.69, 9.17) is 4.74 Å². The number of ether oxygens (including phenoxy) is 1. The van der Waals surface area contributed by atoms with Gasteiger partial charge in [0.05, 0.1) is 21.1 Å². The molecule has 1 aliphatic heterocycles. The Balaban J connectivity index is 1.60. The van der Waals surface area contributed by atoms with Crippen LogP contribution in [0, 0.1) is 10.1 Å². The largest absolute Gasteiger partial charge is 0.488 e. The van der Waals surface area contributed by atoms with Crippen molar-refractivity contribution in [1.29, 1.82) is 0 Å². The normalized spacial score (nSPS) is 15.4. The number of rotatable bonds is 8. The monoisotopic (exact) mass is 581 g/mol. The van der Waals surface area contributed by atoms with Gasteiger partial charge in [0.25, 0.3) is 11.6 Å². The molecular weight excluding hydrogens is 562 g/mol. The number of carboxylic acid groups (broad SMARTS) is 1. The molecule has 1 saturated heterocycles. The zero-order valence-corrected chi connectivity index (χ0v) is 21.9. The maximum absolute atomic E-state index is 13.1. The Morgan fingerprint density at radius 3 is 2.62 bits per heavy atom. The average molecular weight is 582 g/mol. The number of amidine groups is 1. The molecule has 0 unspecified atom stereocenters. The van der Waals surface area contributed by atoms with Crippen LogP contribution in [0.25, 0.3) is 6.08 Å². The summed E-state index contributed by atoms with van der Waals surface area (Å²) < 4.78 is 6.78. The van der Waals surface area contributed by atoms with E-state index in [0.29, 0.717) is 33.6 Å². The maximum Gasteiger partial charge on any atom is 0.335 e. The Morgan fingerprint density at radius 1 is 1.19 bits per heavy atom. The number of hydrogen-bond donors (Lipinski definition) is 1. The lowest BCUT2D eigenvalue weighted by Crippen LogP contribution is -2.28. The van der Waals surface area contributed by atoms with Gasteiger partial charge in [-0.1, -0.05) is 22.0 Å². The first-order valence-electron chi connectivity index (χ1n) is 11.0. The van der Waals surface area contributed by atoms with Gasteiger partial charge >= 0.3 is 5.97 Å². The van der Waals surface area contributed by atoms with Crippen molar-refractivity contribution in [1.82, 2.24) is 4.90 Å². The molecule has 0 spiro atoms. The van der Waals surface area contributed by atoms with Gasteiger partial charge in [-0.15, -0.1) is 0 Å². The van der Waals surface area contributed by atoms with Crippen molar-refractivity contribution in [2.75, 3.05) is 6.54 Å². The highest BCUT2D eigenvalue weighted by atomic mass is 79.9. The minimum atomic E-state index is -1.05. The summed E-state index contributed by atoms with van der Waals surface area (Å²) in [5, 5.41) is 20.6. The Hall–Kier alpha value is -3.96. The second-order valence-electron chi connectivity index (χ2n) is 7.80.